The van der Waals surface area contributed by atoms with Crippen LogP contribution in [0.15, 0.2) is 121 Å². The second kappa shape index (κ2) is 17.2. The molecule has 0 saturated carbocycles. The highest BCUT2D eigenvalue weighted by molar-refractivity contribution is 5.98. The van der Waals surface area contributed by atoms with Crippen molar-refractivity contribution < 1.29 is 38.1 Å². The van der Waals surface area contributed by atoms with Crippen molar-refractivity contribution in [3.05, 3.63) is 144 Å². The standard InChI is InChI=1S/C42H44N4O8/c1-43-25-23-41(29-45(27-31-13-5-3-6-14-31)39(49)33-17-9-11-19-35(33)51-41)53-37(47)21-22-38(48)54-42(24-26-44-2)30-46(28-32-15-7-4-8-16-32)40(50)34-18-10-12-20-36(34)52-42/h3-22,43-44H,23-30H2,1-2H3/b22-21+. The van der Waals surface area contributed by atoms with Crippen molar-refractivity contribution in [2.24, 2.45) is 0 Å². The topological polar surface area (TPSA) is 136 Å². The van der Waals surface area contributed by atoms with E-state index in [0.717, 1.165) is 23.3 Å². The van der Waals surface area contributed by atoms with Crippen LogP contribution in [0.25, 0.3) is 0 Å². The number of amides is 2. The number of para-hydroxylation sites is 2. The van der Waals surface area contributed by atoms with Crippen molar-refractivity contribution in [1.29, 1.82) is 0 Å². The predicted molar refractivity (Wildman–Crippen MR) is 200 cm³/mol. The Morgan fingerprint density at radius 1 is 0.611 bits per heavy atom. The fourth-order valence-electron chi connectivity index (χ4n) is 6.53. The zero-order valence-electron chi connectivity index (χ0n) is 30.4. The largest absolute Gasteiger partial charge is 0.449 e. The minimum absolute atomic E-state index is 0.0766. The minimum Gasteiger partial charge on any atom is -0.449 e. The maximum Gasteiger partial charge on any atom is 0.334 e. The normalized spacial score (nSPS) is 19.5. The summed E-state index contributed by atoms with van der Waals surface area (Å²) in [6.07, 6.45) is 2.31. The fraction of sp³-hybridized carbons (Fsp3) is 0.286. The summed E-state index contributed by atoms with van der Waals surface area (Å²) in [7, 11) is 3.52. The first-order chi connectivity index (χ1) is 26.2. The summed E-state index contributed by atoms with van der Waals surface area (Å²) in [6.45, 7) is 1.12. The van der Waals surface area contributed by atoms with Gasteiger partial charge in [-0.2, -0.15) is 0 Å². The highest BCUT2D eigenvalue weighted by Gasteiger charge is 2.45. The third-order valence-electron chi connectivity index (χ3n) is 9.14. The summed E-state index contributed by atoms with van der Waals surface area (Å²) in [4.78, 5) is 58.0. The van der Waals surface area contributed by atoms with E-state index in [9.17, 15) is 19.2 Å². The Morgan fingerprint density at radius 3 is 1.37 bits per heavy atom. The Kier molecular flexibility index (Phi) is 12.1. The quantitative estimate of drug-likeness (QED) is 0.139. The van der Waals surface area contributed by atoms with Gasteiger partial charge >= 0.3 is 11.9 Å². The summed E-state index contributed by atoms with van der Waals surface area (Å²) in [5.41, 5.74) is 2.46. The molecule has 280 valence electrons. The fourth-order valence-corrected chi connectivity index (χ4v) is 6.53. The van der Waals surface area contributed by atoms with Crippen LogP contribution in [-0.4, -0.2) is 85.4 Å². The zero-order chi connectivity index (χ0) is 38.0. The van der Waals surface area contributed by atoms with Gasteiger partial charge in [-0.05, 0) is 49.5 Å². The molecule has 0 aliphatic carbocycles. The molecule has 0 fully saturated rings. The molecule has 2 amide bonds. The second-order valence-electron chi connectivity index (χ2n) is 13.2. The van der Waals surface area contributed by atoms with Crippen molar-refractivity contribution in [2.45, 2.75) is 37.5 Å². The molecule has 2 heterocycles. The summed E-state index contributed by atoms with van der Waals surface area (Å²) in [5.74, 6) is -4.97. The van der Waals surface area contributed by atoms with Crippen LogP contribution in [0.4, 0.5) is 0 Å². The van der Waals surface area contributed by atoms with Gasteiger partial charge in [-0.3, -0.25) is 9.59 Å². The lowest BCUT2D eigenvalue weighted by Crippen LogP contribution is -2.51. The van der Waals surface area contributed by atoms with Crippen molar-refractivity contribution in [3.63, 3.8) is 0 Å². The summed E-state index contributed by atoms with van der Waals surface area (Å²) >= 11 is 0. The number of ether oxygens (including phenoxy) is 4. The van der Waals surface area contributed by atoms with Crippen molar-refractivity contribution >= 4 is 23.8 Å². The van der Waals surface area contributed by atoms with Gasteiger partial charge in [0.25, 0.3) is 23.4 Å². The maximum absolute atomic E-state index is 13.8. The molecule has 0 spiro atoms. The lowest BCUT2D eigenvalue weighted by molar-refractivity contribution is -0.201. The predicted octanol–water partition coefficient (Wildman–Crippen LogP) is 4.71. The van der Waals surface area contributed by atoms with Crippen molar-refractivity contribution in [2.75, 3.05) is 40.3 Å². The first kappa shape index (κ1) is 37.8. The van der Waals surface area contributed by atoms with Crippen LogP contribution in [0, 0.1) is 0 Å². The number of carbonyl (C=O) groups is 4. The molecule has 4 aromatic rings. The molecule has 6 rings (SSSR count). The average molecular weight is 733 g/mol. The Morgan fingerprint density at radius 2 is 0.981 bits per heavy atom. The molecule has 2 unspecified atom stereocenters. The molecule has 0 radical (unpaired) electrons. The number of fused-ring (bicyclic) bond motifs is 2. The van der Waals surface area contributed by atoms with E-state index in [1.54, 1.807) is 72.4 Å². The van der Waals surface area contributed by atoms with Crippen LogP contribution in [0.1, 0.15) is 44.7 Å². The van der Waals surface area contributed by atoms with Crippen LogP contribution >= 0.6 is 0 Å². The molecule has 4 aromatic carbocycles. The van der Waals surface area contributed by atoms with E-state index in [1.807, 2.05) is 60.7 Å². The van der Waals surface area contributed by atoms with Gasteiger partial charge in [0.05, 0.1) is 24.2 Å². The van der Waals surface area contributed by atoms with Crippen molar-refractivity contribution in [1.82, 2.24) is 20.4 Å². The Hall–Kier alpha value is -5.98. The number of hydrogen-bond donors (Lipinski definition) is 2. The third-order valence-corrected chi connectivity index (χ3v) is 9.14. The average Bonchev–Trinajstić information content (AvgIpc) is 3.37. The molecule has 2 atom stereocenters. The van der Waals surface area contributed by atoms with Gasteiger partial charge in [0, 0.05) is 51.2 Å². The van der Waals surface area contributed by atoms with Crippen LogP contribution in [0.3, 0.4) is 0 Å². The minimum atomic E-state index is -1.61. The highest BCUT2D eigenvalue weighted by Crippen LogP contribution is 2.35. The van der Waals surface area contributed by atoms with Gasteiger partial charge < -0.3 is 39.4 Å². The molecule has 2 aliphatic rings. The highest BCUT2D eigenvalue weighted by atomic mass is 16.7. The summed E-state index contributed by atoms with van der Waals surface area (Å²) in [6, 6.07) is 32.7. The van der Waals surface area contributed by atoms with E-state index >= 15 is 0 Å². The second-order valence-corrected chi connectivity index (χ2v) is 13.2. The van der Waals surface area contributed by atoms with Crippen molar-refractivity contribution in [3.8, 4) is 11.5 Å². The molecule has 0 bridgehead atoms. The number of rotatable bonds is 14. The molecule has 2 aliphatic heterocycles. The SMILES string of the molecule is CNCCC1(OC(=O)/C=C/C(=O)OC2(CCNC)CN(Cc3ccccc3)C(=O)c3ccccc3O2)CN(Cc2ccccc2)C(=O)c2ccccc2O1. The molecule has 2 N–H and O–H groups in total. The van der Waals surface area contributed by atoms with Gasteiger partial charge in [-0.15, -0.1) is 0 Å². The molecule has 0 aromatic heterocycles. The first-order valence-corrected chi connectivity index (χ1v) is 17.9. The Balaban J connectivity index is 1.25. The number of nitrogens with one attached hydrogen (secondary N) is 2. The number of carbonyl (C=O) groups excluding carboxylic acids is 4. The van der Waals surface area contributed by atoms with E-state index in [1.165, 1.54) is 0 Å². The zero-order valence-corrected chi connectivity index (χ0v) is 30.4. The van der Waals surface area contributed by atoms with Crippen LogP contribution in [0.5, 0.6) is 11.5 Å². The molecular formula is C42H44N4O8. The van der Waals surface area contributed by atoms with E-state index < -0.39 is 23.5 Å². The van der Waals surface area contributed by atoms with E-state index in [-0.39, 0.29) is 62.3 Å². The molecule has 54 heavy (non-hydrogen) atoms. The smallest absolute Gasteiger partial charge is 0.334 e. The lowest BCUT2D eigenvalue weighted by Gasteiger charge is -2.35. The summed E-state index contributed by atoms with van der Waals surface area (Å²) in [5, 5.41) is 6.14. The molecule has 12 heteroatoms. The van der Waals surface area contributed by atoms with Crippen LogP contribution < -0.4 is 20.1 Å². The lowest BCUT2D eigenvalue weighted by atomic mass is 10.1. The van der Waals surface area contributed by atoms with Gasteiger partial charge in [0.1, 0.15) is 11.5 Å². The number of benzene rings is 4. The number of hydrogen-bond acceptors (Lipinski definition) is 10. The Labute approximate surface area is 314 Å². The van der Waals surface area contributed by atoms with Gasteiger partial charge in [-0.1, -0.05) is 84.9 Å². The maximum atomic E-state index is 13.8. The third kappa shape index (κ3) is 9.14. The van der Waals surface area contributed by atoms with E-state index in [0.29, 0.717) is 24.2 Å². The van der Waals surface area contributed by atoms with Crippen LogP contribution in [0.2, 0.25) is 0 Å². The molecule has 12 nitrogen and oxygen atoms in total. The summed E-state index contributed by atoms with van der Waals surface area (Å²) < 4.78 is 24.9. The number of nitrogens with zero attached hydrogens (tertiary/aromatic N) is 2. The van der Waals surface area contributed by atoms with Gasteiger partial charge in [0.2, 0.25) is 0 Å². The Bertz CT molecular complexity index is 1830. The van der Waals surface area contributed by atoms with Gasteiger partial charge in [-0.25, -0.2) is 9.59 Å². The first-order valence-electron chi connectivity index (χ1n) is 17.9. The van der Waals surface area contributed by atoms with Gasteiger partial charge in [0.15, 0.2) is 0 Å². The monoisotopic (exact) mass is 732 g/mol. The van der Waals surface area contributed by atoms with E-state index in [2.05, 4.69) is 10.6 Å². The number of esters is 2. The van der Waals surface area contributed by atoms with E-state index in [4.69, 9.17) is 18.9 Å². The van der Waals surface area contributed by atoms with Crippen LogP contribution in [-0.2, 0) is 32.2 Å². The molecule has 0 saturated heterocycles. The molecular weight excluding hydrogens is 688 g/mol.